The third-order valence-corrected chi connectivity index (χ3v) is 5.54. The maximum Gasteiger partial charge on any atom is 0.408 e. The number of hydrogen-bond donors (Lipinski definition) is 2. The zero-order valence-electron chi connectivity index (χ0n) is 15.1. The van der Waals surface area contributed by atoms with E-state index in [-0.39, 0.29) is 23.9 Å². The lowest BCUT2D eigenvalue weighted by molar-refractivity contribution is -0.144. The Morgan fingerprint density at radius 3 is 2.07 bits per heavy atom. The molecule has 27 heavy (non-hydrogen) atoms. The highest BCUT2D eigenvalue weighted by molar-refractivity contribution is 5.85. The molecule has 2 aliphatic carbocycles. The van der Waals surface area contributed by atoms with Gasteiger partial charge < -0.3 is 20.6 Å². The van der Waals surface area contributed by atoms with E-state index in [2.05, 4.69) is 17.4 Å². The number of ether oxygens (including phenoxy) is 1. The predicted octanol–water partition coefficient (Wildman–Crippen LogP) is 2.95. The van der Waals surface area contributed by atoms with Crippen molar-refractivity contribution in [1.82, 2.24) is 5.32 Å². The van der Waals surface area contributed by atoms with Crippen LogP contribution in [-0.2, 0) is 9.53 Å². The number of carboxylic acid groups (broad SMARTS) is 1. The summed E-state index contributed by atoms with van der Waals surface area (Å²) in [6, 6.07) is 16.2. The summed E-state index contributed by atoms with van der Waals surface area (Å²) in [6.45, 7) is 1.73. The van der Waals surface area contributed by atoms with Crippen molar-refractivity contribution in [3.63, 3.8) is 0 Å². The number of carbonyl (C=O) groups excluding carboxylic acids is 1. The molecular weight excluding hydrogens is 346 g/mol. The molecule has 1 amide bonds. The van der Waals surface area contributed by atoms with Crippen LogP contribution >= 0.6 is 0 Å². The quantitative estimate of drug-likeness (QED) is 0.845. The van der Waals surface area contributed by atoms with Gasteiger partial charge in [-0.3, -0.25) is 0 Å². The molecule has 0 bridgehead atoms. The van der Waals surface area contributed by atoms with E-state index in [0.717, 1.165) is 35.1 Å². The number of fused-ring (bicyclic) bond motifs is 3. The number of carboxylic acids is 1. The van der Waals surface area contributed by atoms with Crippen LogP contribution in [0, 0.1) is 5.92 Å². The number of alkyl carbamates (subject to hydrolysis) is 1. The number of hydrogen-bond acceptors (Lipinski definition) is 3. The standard InChI is InChI=1S/C21H21NO4.H2O/c1-21(19(23)24,13-10-11-13)22-20(25)26-12-18-16-8-4-2-6-14(16)15-7-3-5-9-17(15)18;/h2-9,13,18H,10-12H2,1H3,(H,22,25)(H,23,24);1H2/t21-;/m1./s1. The first-order valence-corrected chi connectivity index (χ1v) is 8.87. The zero-order chi connectivity index (χ0) is 18.3. The first-order chi connectivity index (χ1) is 12.5. The molecule has 0 heterocycles. The molecule has 0 saturated heterocycles. The van der Waals surface area contributed by atoms with Crippen LogP contribution in [0.2, 0.25) is 0 Å². The smallest absolute Gasteiger partial charge is 0.408 e. The van der Waals surface area contributed by atoms with Gasteiger partial charge in [-0.05, 0) is 47.9 Å². The number of nitrogens with one attached hydrogen (secondary N) is 1. The van der Waals surface area contributed by atoms with Crippen molar-refractivity contribution in [2.75, 3.05) is 6.61 Å². The van der Waals surface area contributed by atoms with E-state index < -0.39 is 17.6 Å². The van der Waals surface area contributed by atoms with Crippen molar-refractivity contribution in [3.8, 4) is 11.1 Å². The van der Waals surface area contributed by atoms with Gasteiger partial charge in [0.15, 0.2) is 0 Å². The molecule has 4 N–H and O–H groups in total. The summed E-state index contributed by atoms with van der Waals surface area (Å²) in [6.07, 6.45) is 0.947. The topological polar surface area (TPSA) is 107 Å². The Balaban J connectivity index is 0.00000210. The third kappa shape index (κ3) is 3.28. The van der Waals surface area contributed by atoms with Crippen molar-refractivity contribution in [2.24, 2.45) is 5.92 Å². The van der Waals surface area contributed by atoms with Crippen molar-refractivity contribution in [2.45, 2.75) is 31.2 Å². The molecule has 4 rings (SSSR count). The monoisotopic (exact) mass is 369 g/mol. The second-order valence-corrected chi connectivity index (χ2v) is 7.23. The van der Waals surface area contributed by atoms with E-state index in [1.54, 1.807) is 6.92 Å². The van der Waals surface area contributed by atoms with Gasteiger partial charge in [0.1, 0.15) is 12.1 Å². The van der Waals surface area contributed by atoms with E-state index in [0.29, 0.717) is 0 Å². The predicted molar refractivity (Wildman–Crippen MR) is 101 cm³/mol. The lowest BCUT2D eigenvalue weighted by atomic mass is 9.96. The molecule has 0 radical (unpaired) electrons. The number of aliphatic carboxylic acids is 1. The lowest BCUT2D eigenvalue weighted by Crippen LogP contribution is -2.54. The second-order valence-electron chi connectivity index (χ2n) is 7.23. The summed E-state index contributed by atoms with van der Waals surface area (Å²) in [5.74, 6) is -1.08. The van der Waals surface area contributed by atoms with Crippen molar-refractivity contribution >= 4 is 12.1 Å². The van der Waals surface area contributed by atoms with Crippen LogP contribution in [0.5, 0.6) is 0 Å². The summed E-state index contributed by atoms with van der Waals surface area (Å²) in [5, 5.41) is 12.0. The molecule has 6 nitrogen and oxygen atoms in total. The summed E-state index contributed by atoms with van der Waals surface area (Å²) in [7, 11) is 0. The average Bonchev–Trinajstić information content (AvgIpc) is 3.44. The fourth-order valence-corrected chi connectivity index (χ4v) is 3.84. The van der Waals surface area contributed by atoms with Gasteiger partial charge in [0.05, 0.1) is 0 Å². The van der Waals surface area contributed by atoms with Crippen molar-refractivity contribution in [3.05, 3.63) is 59.7 Å². The highest BCUT2D eigenvalue weighted by Crippen LogP contribution is 2.44. The zero-order valence-corrected chi connectivity index (χ0v) is 15.1. The first-order valence-electron chi connectivity index (χ1n) is 8.87. The van der Waals surface area contributed by atoms with Crippen LogP contribution in [0.25, 0.3) is 11.1 Å². The third-order valence-electron chi connectivity index (χ3n) is 5.54. The minimum Gasteiger partial charge on any atom is -0.480 e. The van der Waals surface area contributed by atoms with Crippen LogP contribution in [0.3, 0.4) is 0 Å². The maximum absolute atomic E-state index is 12.3. The van der Waals surface area contributed by atoms with Crippen molar-refractivity contribution in [1.29, 1.82) is 0 Å². The van der Waals surface area contributed by atoms with Gasteiger partial charge >= 0.3 is 12.1 Å². The van der Waals surface area contributed by atoms with E-state index in [1.807, 2.05) is 36.4 Å². The Labute approximate surface area is 157 Å². The van der Waals surface area contributed by atoms with E-state index >= 15 is 0 Å². The Kier molecular flexibility index (Phi) is 4.93. The van der Waals surface area contributed by atoms with Gasteiger partial charge in [-0.1, -0.05) is 48.5 Å². The summed E-state index contributed by atoms with van der Waals surface area (Å²) in [4.78, 5) is 23.8. The molecule has 2 aliphatic rings. The van der Waals surface area contributed by atoms with Crippen LogP contribution in [0.4, 0.5) is 4.79 Å². The Hall–Kier alpha value is -2.86. The van der Waals surface area contributed by atoms with Gasteiger partial charge in [0.2, 0.25) is 0 Å². The Bertz CT molecular complexity index is 831. The van der Waals surface area contributed by atoms with Gasteiger partial charge in [-0.2, -0.15) is 0 Å². The number of benzene rings is 2. The summed E-state index contributed by atoms with van der Waals surface area (Å²) < 4.78 is 5.45. The highest BCUT2D eigenvalue weighted by Gasteiger charge is 2.49. The largest absolute Gasteiger partial charge is 0.480 e. The number of rotatable bonds is 5. The lowest BCUT2D eigenvalue weighted by Gasteiger charge is -2.26. The number of amides is 1. The van der Waals surface area contributed by atoms with Crippen molar-refractivity contribution < 1.29 is 24.9 Å². The number of carbonyl (C=O) groups is 2. The van der Waals surface area contributed by atoms with Crippen LogP contribution in [0.15, 0.2) is 48.5 Å². The molecule has 1 fully saturated rings. The van der Waals surface area contributed by atoms with Gasteiger partial charge in [0.25, 0.3) is 0 Å². The van der Waals surface area contributed by atoms with E-state index in [9.17, 15) is 14.7 Å². The highest BCUT2D eigenvalue weighted by atomic mass is 16.5. The molecule has 2 aromatic carbocycles. The summed E-state index contributed by atoms with van der Waals surface area (Å²) in [5.41, 5.74) is 3.31. The summed E-state index contributed by atoms with van der Waals surface area (Å²) >= 11 is 0. The molecule has 1 saturated carbocycles. The second kappa shape index (κ2) is 7.04. The van der Waals surface area contributed by atoms with E-state index in [4.69, 9.17) is 4.74 Å². The molecule has 6 heteroatoms. The van der Waals surface area contributed by atoms with Gasteiger partial charge in [-0.25, -0.2) is 9.59 Å². The molecule has 0 spiro atoms. The minimum absolute atomic E-state index is 0. The minimum atomic E-state index is -1.26. The molecule has 142 valence electrons. The molecular formula is C21H23NO5. The molecule has 0 aromatic heterocycles. The normalized spacial score (nSPS) is 17.1. The fourth-order valence-electron chi connectivity index (χ4n) is 3.84. The molecule has 2 aromatic rings. The van der Waals surface area contributed by atoms with Crippen LogP contribution < -0.4 is 5.32 Å². The van der Waals surface area contributed by atoms with Crippen LogP contribution in [0.1, 0.15) is 36.8 Å². The van der Waals surface area contributed by atoms with Gasteiger partial charge in [-0.15, -0.1) is 0 Å². The Morgan fingerprint density at radius 2 is 1.59 bits per heavy atom. The fraction of sp³-hybridized carbons (Fsp3) is 0.333. The SMILES string of the molecule is C[C@](NC(=O)OCC1c2ccccc2-c2ccccc21)(C(=O)O)C1CC1.O. The van der Waals surface area contributed by atoms with E-state index in [1.165, 1.54) is 0 Å². The average molecular weight is 369 g/mol. The maximum atomic E-state index is 12.3. The molecule has 0 aliphatic heterocycles. The molecule has 1 atom stereocenters. The first kappa shape index (κ1) is 18.9. The van der Waals surface area contributed by atoms with Gasteiger partial charge in [0, 0.05) is 5.92 Å². The van der Waals surface area contributed by atoms with Crippen LogP contribution in [-0.4, -0.2) is 34.8 Å². The Morgan fingerprint density at radius 1 is 1.07 bits per heavy atom. The molecule has 0 unspecified atom stereocenters.